The average Bonchev–Trinajstić information content (AvgIpc) is 3.07. The smallest absolute Gasteiger partial charge is 0.249 e. The van der Waals surface area contributed by atoms with Crippen LogP contribution in [0.15, 0.2) is 29.5 Å². The molecule has 0 saturated heterocycles. The van der Waals surface area contributed by atoms with E-state index < -0.39 is 0 Å². The first-order valence-electron chi connectivity index (χ1n) is 12.3. The van der Waals surface area contributed by atoms with E-state index in [1.165, 1.54) is 12.1 Å². The normalized spacial score (nSPS) is 15.7. The van der Waals surface area contributed by atoms with Gasteiger partial charge in [0.15, 0.2) is 0 Å². The van der Waals surface area contributed by atoms with Crippen molar-refractivity contribution in [3.8, 4) is 0 Å². The number of nitrogens with one attached hydrogen (secondary N) is 3. The number of halogens is 1. The number of hydrogen-bond acceptors (Lipinski definition) is 5. The number of fused-ring (bicyclic) bond motifs is 1. The molecule has 1 aliphatic heterocycles. The summed E-state index contributed by atoms with van der Waals surface area (Å²) in [7, 11) is 0. The summed E-state index contributed by atoms with van der Waals surface area (Å²) in [6.07, 6.45) is 0.836. The SMILES string of the molecule is CC.CC1C(=O)Nc2ccc(F)cc21.CCN/C(C)=C(/C(=O)NCC(CC=O)OCC)C(C)(C)C. The minimum absolute atomic E-state index is 0.0596. The maximum absolute atomic E-state index is 12.7. The molecule has 0 radical (unpaired) electrons. The number of allylic oxidation sites excluding steroid dienone is 1. The van der Waals surface area contributed by atoms with Crippen molar-refractivity contribution in [2.24, 2.45) is 5.41 Å². The van der Waals surface area contributed by atoms with Crippen molar-refractivity contribution in [2.75, 3.05) is 25.0 Å². The first-order valence-corrected chi connectivity index (χ1v) is 12.3. The summed E-state index contributed by atoms with van der Waals surface area (Å²) in [5.41, 5.74) is 2.83. The van der Waals surface area contributed by atoms with E-state index in [-0.39, 0.29) is 41.5 Å². The number of benzene rings is 1. The molecule has 0 bridgehead atoms. The molecular weight excluding hydrogens is 449 g/mol. The van der Waals surface area contributed by atoms with E-state index in [2.05, 4.69) is 16.0 Å². The third-order valence-corrected chi connectivity index (χ3v) is 5.18. The number of carbonyl (C=O) groups excluding carboxylic acids is 3. The molecule has 0 aromatic heterocycles. The van der Waals surface area contributed by atoms with Crippen LogP contribution in [-0.2, 0) is 19.1 Å². The fourth-order valence-electron chi connectivity index (χ4n) is 3.66. The lowest BCUT2D eigenvalue weighted by Gasteiger charge is -2.26. The van der Waals surface area contributed by atoms with Gasteiger partial charge in [0.2, 0.25) is 11.8 Å². The second kappa shape index (κ2) is 16.0. The lowest BCUT2D eigenvalue weighted by molar-refractivity contribution is -0.120. The lowest BCUT2D eigenvalue weighted by atomic mass is 9.84. The fraction of sp³-hybridized carbons (Fsp3) is 0.593. The second-order valence-corrected chi connectivity index (χ2v) is 8.91. The Bertz CT molecular complexity index is 862. The highest BCUT2D eigenvalue weighted by molar-refractivity contribution is 6.02. The second-order valence-electron chi connectivity index (χ2n) is 8.91. The van der Waals surface area contributed by atoms with Gasteiger partial charge in [-0.05, 0) is 56.9 Å². The van der Waals surface area contributed by atoms with Crippen LogP contribution in [0, 0.1) is 11.2 Å². The molecular formula is C27H44FN3O4. The molecule has 7 nitrogen and oxygen atoms in total. The molecule has 35 heavy (non-hydrogen) atoms. The van der Waals surface area contributed by atoms with Gasteiger partial charge in [-0.15, -0.1) is 0 Å². The largest absolute Gasteiger partial charge is 0.388 e. The van der Waals surface area contributed by atoms with Crippen LogP contribution in [0.2, 0.25) is 0 Å². The highest BCUT2D eigenvalue weighted by Crippen LogP contribution is 2.32. The van der Waals surface area contributed by atoms with Crippen LogP contribution < -0.4 is 16.0 Å². The van der Waals surface area contributed by atoms with Crippen LogP contribution in [0.3, 0.4) is 0 Å². The Hall–Kier alpha value is -2.74. The monoisotopic (exact) mass is 493 g/mol. The van der Waals surface area contributed by atoms with Gasteiger partial charge in [0.25, 0.3) is 0 Å². The molecule has 3 N–H and O–H groups in total. The van der Waals surface area contributed by atoms with Crippen LogP contribution in [0.25, 0.3) is 0 Å². The van der Waals surface area contributed by atoms with E-state index in [4.69, 9.17) is 4.74 Å². The van der Waals surface area contributed by atoms with Crippen LogP contribution >= 0.6 is 0 Å². The molecule has 0 saturated carbocycles. The number of anilines is 1. The Kier molecular flexibility index (Phi) is 14.8. The van der Waals surface area contributed by atoms with Crippen molar-refractivity contribution < 1.29 is 23.5 Å². The van der Waals surface area contributed by atoms with Crippen molar-refractivity contribution in [1.82, 2.24) is 10.6 Å². The molecule has 0 spiro atoms. The molecule has 2 amide bonds. The van der Waals surface area contributed by atoms with Gasteiger partial charge in [-0.25, -0.2) is 4.39 Å². The highest BCUT2D eigenvalue weighted by atomic mass is 19.1. The minimum atomic E-state index is -0.294. The maximum Gasteiger partial charge on any atom is 0.249 e. The van der Waals surface area contributed by atoms with Crippen molar-refractivity contribution in [3.63, 3.8) is 0 Å². The number of hydrogen-bond donors (Lipinski definition) is 3. The number of amides is 2. The Balaban J connectivity index is 0.000000688. The summed E-state index contributed by atoms with van der Waals surface area (Å²) < 4.78 is 18.2. The number of aldehydes is 1. The zero-order chi connectivity index (χ0) is 27.2. The number of ether oxygens (including phenoxy) is 1. The summed E-state index contributed by atoms with van der Waals surface area (Å²) in [5.74, 6) is -0.694. The zero-order valence-corrected chi connectivity index (χ0v) is 22.8. The molecule has 0 fully saturated rings. The molecule has 2 unspecified atom stereocenters. The van der Waals surface area contributed by atoms with Crippen molar-refractivity contribution >= 4 is 23.8 Å². The summed E-state index contributed by atoms with van der Waals surface area (Å²) in [6.45, 7) is 19.2. The first-order chi connectivity index (χ1) is 16.5. The number of carbonyl (C=O) groups is 3. The molecule has 0 aliphatic carbocycles. The van der Waals surface area contributed by atoms with Gasteiger partial charge in [0.05, 0.1) is 12.0 Å². The molecule has 1 aromatic rings. The van der Waals surface area contributed by atoms with Crippen molar-refractivity contribution in [2.45, 2.75) is 80.8 Å². The van der Waals surface area contributed by atoms with E-state index in [9.17, 15) is 18.8 Å². The minimum Gasteiger partial charge on any atom is -0.388 e. The van der Waals surface area contributed by atoms with Gasteiger partial charge in [-0.3, -0.25) is 9.59 Å². The van der Waals surface area contributed by atoms with E-state index in [1.807, 2.05) is 55.4 Å². The maximum atomic E-state index is 12.7. The molecule has 8 heteroatoms. The Morgan fingerprint density at radius 1 is 1.23 bits per heavy atom. The van der Waals surface area contributed by atoms with Gasteiger partial charge in [0, 0.05) is 43.1 Å². The predicted molar refractivity (Wildman–Crippen MR) is 140 cm³/mol. The molecule has 2 atom stereocenters. The summed E-state index contributed by atoms with van der Waals surface area (Å²) in [5, 5.41) is 8.75. The lowest BCUT2D eigenvalue weighted by Crippen LogP contribution is -2.38. The summed E-state index contributed by atoms with van der Waals surface area (Å²) in [6, 6.07) is 4.33. The molecule has 2 rings (SSSR count). The van der Waals surface area contributed by atoms with Crippen LogP contribution in [0.5, 0.6) is 0 Å². The molecule has 198 valence electrons. The quantitative estimate of drug-likeness (QED) is 0.335. The zero-order valence-electron chi connectivity index (χ0n) is 22.8. The Morgan fingerprint density at radius 2 is 1.86 bits per heavy atom. The van der Waals surface area contributed by atoms with E-state index in [1.54, 1.807) is 13.0 Å². The third kappa shape index (κ3) is 10.6. The van der Waals surface area contributed by atoms with Crippen molar-refractivity contribution in [1.29, 1.82) is 0 Å². The Labute approximate surface area is 210 Å². The first kappa shape index (κ1) is 32.3. The molecule has 1 aromatic carbocycles. The third-order valence-electron chi connectivity index (χ3n) is 5.18. The number of rotatable bonds is 9. The summed E-state index contributed by atoms with van der Waals surface area (Å²) >= 11 is 0. The van der Waals surface area contributed by atoms with E-state index in [0.717, 1.165) is 35.4 Å². The van der Waals surface area contributed by atoms with Gasteiger partial charge < -0.3 is 25.5 Å². The average molecular weight is 494 g/mol. The van der Waals surface area contributed by atoms with Crippen molar-refractivity contribution in [3.05, 3.63) is 40.8 Å². The topological polar surface area (TPSA) is 96.5 Å². The predicted octanol–water partition coefficient (Wildman–Crippen LogP) is 4.93. The van der Waals surface area contributed by atoms with Gasteiger partial charge >= 0.3 is 0 Å². The highest BCUT2D eigenvalue weighted by Gasteiger charge is 2.27. The van der Waals surface area contributed by atoms with Gasteiger partial charge in [-0.1, -0.05) is 34.6 Å². The standard InChI is InChI=1S/C16H30N2O3.C9H8FNO.C2H6/c1-7-17-12(3)14(16(4,5)6)15(20)18-11-13(9-10-19)21-8-2;1-5-7-4-6(10)2-3-8(7)11-9(5)12;1-2/h10,13,17H,7-9,11H2,1-6H3,(H,18,20);2-5H,1H3,(H,11,12);1-2H3/b14-12-;;. The van der Waals surface area contributed by atoms with E-state index in [0.29, 0.717) is 13.2 Å². The van der Waals surface area contributed by atoms with Gasteiger partial charge in [0.1, 0.15) is 12.1 Å². The van der Waals surface area contributed by atoms with Gasteiger partial charge in [-0.2, -0.15) is 0 Å². The molecule has 1 heterocycles. The van der Waals surface area contributed by atoms with E-state index >= 15 is 0 Å². The molecule has 1 aliphatic rings. The van der Waals surface area contributed by atoms with Crippen LogP contribution in [0.4, 0.5) is 10.1 Å². The summed E-state index contributed by atoms with van der Waals surface area (Å²) in [4.78, 5) is 34.2. The van der Waals surface area contributed by atoms with Crippen LogP contribution in [0.1, 0.15) is 80.2 Å². The fourth-order valence-corrected chi connectivity index (χ4v) is 3.66. The Morgan fingerprint density at radius 3 is 2.37 bits per heavy atom. The van der Waals surface area contributed by atoms with Crippen LogP contribution in [-0.4, -0.2) is 43.9 Å².